The van der Waals surface area contributed by atoms with Crippen molar-refractivity contribution in [3.63, 3.8) is 0 Å². The topological polar surface area (TPSA) is 55.8 Å². The Hall–Kier alpha value is -1.26. The zero-order chi connectivity index (χ0) is 13.7. The third-order valence-electron chi connectivity index (χ3n) is 2.15. The van der Waals surface area contributed by atoms with Gasteiger partial charge in [0.25, 0.3) is 0 Å². The van der Waals surface area contributed by atoms with Crippen LogP contribution < -0.4 is 4.74 Å². The predicted molar refractivity (Wildman–Crippen MR) is 68.8 cm³/mol. The van der Waals surface area contributed by atoms with Gasteiger partial charge in [0, 0.05) is 0 Å². The lowest BCUT2D eigenvalue weighted by atomic mass is 10.1. The minimum atomic E-state index is -0.595. The first-order chi connectivity index (χ1) is 8.40. The molecule has 1 N–H and O–H groups in total. The van der Waals surface area contributed by atoms with Crippen LogP contribution in [-0.2, 0) is 9.53 Å². The van der Waals surface area contributed by atoms with Crippen molar-refractivity contribution in [1.29, 1.82) is 0 Å². The Bertz CT molecular complexity index is 415. The summed E-state index contributed by atoms with van der Waals surface area (Å²) in [6.07, 6.45) is -0.767. The number of aliphatic hydroxyl groups excluding tert-OH is 1. The molecule has 100 valence electrons. The maximum absolute atomic E-state index is 11.3. The van der Waals surface area contributed by atoms with E-state index in [0.29, 0.717) is 16.3 Å². The Kier molecular flexibility index (Phi) is 5.44. The van der Waals surface area contributed by atoms with Gasteiger partial charge in [-0.3, -0.25) is 0 Å². The van der Waals surface area contributed by atoms with E-state index < -0.39 is 12.1 Å². The second-order valence-electron chi connectivity index (χ2n) is 4.19. The van der Waals surface area contributed by atoms with Crippen molar-refractivity contribution in [3.05, 3.63) is 28.8 Å². The molecular formula is C13H17ClO4. The van der Waals surface area contributed by atoms with Crippen LogP contribution in [0.15, 0.2) is 18.2 Å². The number of halogens is 1. The molecule has 0 saturated heterocycles. The van der Waals surface area contributed by atoms with Crippen molar-refractivity contribution in [2.75, 3.05) is 6.61 Å². The summed E-state index contributed by atoms with van der Waals surface area (Å²) in [7, 11) is 0. The maximum Gasteiger partial charge on any atom is 0.344 e. The molecule has 0 aliphatic carbocycles. The molecule has 4 nitrogen and oxygen atoms in total. The molecule has 0 saturated carbocycles. The summed E-state index contributed by atoms with van der Waals surface area (Å²) in [6, 6.07) is 4.92. The molecule has 1 aromatic carbocycles. The lowest BCUT2D eigenvalue weighted by molar-refractivity contribution is -0.149. The Morgan fingerprint density at radius 3 is 2.56 bits per heavy atom. The summed E-state index contributed by atoms with van der Waals surface area (Å²) in [5, 5.41) is 9.74. The summed E-state index contributed by atoms with van der Waals surface area (Å²) in [4.78, 5) is 11.3. The summed E-state index contributed by atoms with van der Waals surface area (Å²) in [5.74, 6) is -0.0533. The van der Waals surface area contributed by atoms with E-state index in [9.17, 15) is 9.90 Å². The first-order valence-electron chi connectivity index (χ1n) is 5.70. The van der Waals surface area contributed by atoms with Crippen LogP contribution in [0, 0.1) is 0 Å². The van der Waals surface area contributed by atoms with E-state index in [-0.39, 0.29) is 12.7 Å². The van der Waals surface area contributed by atoms with Crippen molar-refractivity contribution in [3.8, 4) is 5.75 Å². The molecule has 0 aromatic heterocycles. The number of aliphatic hydroxyl groups is 1. The summed E-state index contributed by atoms with van der Waals surface area (Å²) in [6.45, 7) is 4.99. The molecule has 1 rings (SSSR count). The maximum atomic E-state index is 11.3. The Labute approximate surface area is 111 Å². The number of carbonyl (C=O) groups excluding carboxylic acids is 1. The molecule has 0 fully saturated rings. The van der Waals surface area contributed by atoms with Crippen molar-refractivity contribution in [2.45, 2.75) is 33.0 Å². The van der Waals surface area contributed by atoms with Crippen molar-refractivity contribution >= 4 is 17.6 Å². The van der Waals surface area contributed by atoms with Gasteiger partial charge in [0.15, 0.2) is 6.61 Å². The number of carbonyl (C=O) groups is 1. The lowest BCUT2D eigenvalue weighted by Gasteiger charge is -2.11. The standard InChI is InChI=1S/C13H17ClO4/c1-8(2)18-13(16)7-17-12-5-4-10(9(3)15)6-11(12)14/h4-6,8-9,15H,7H2,1-3H3/t9-/m1/s1. The highest BCUT2D eigenvalue weighted by Gasteiger charge is 2.10. The summed E-state index contributed by atoms with van der Waals surface area (Å²) in [5.41, 5.74) is 0.692. The number of hydrogen-bond acceptors (Lipinski definition) is 4. The SMILES string of the molecule is CC(C)OC(=O)COc1ccc([C@@H](C)O)cc1Cl. The number of benzene rings is 1. The minimum Gasteiger partial charge on any atom is -0.480 e. The van der Waals surface area contributed by atoms with Crippen molar-refractivity contribution < 1.29 is 19.4 Å². The average Bonchev–Trinajstić information content (AvgIpc) is 2.26. The van der Waals surface area contributed by atoms with Gasteiger partial charge >= 0.3 is 5.97 Å². The fraction of sp³-hybridized carbons (Fsp3) is 0.462. The number of ether oxygens (including phenoxy) is 2. The van der Waals surface area contributed by atoms with Gasteiger partial charge in [-0.05, 0) is 38.5 Å². The van der Waals surface area contributed by atoms with Gasteiger partial charge in [-0.15, -0.1) is 0 Å². The molecule has 0 bridgehead atoms. The van der Waals surface area contributed by atoms with Crippen molar-refractivity contribution in [2.24, 2.45) is 0 Å². The molecule has 5 heteroatoms. The average molecular weight is 273 g/mol. The van der Waals surface area contributed by atoms with Crippen molar-refractivity contribution in [1.82, 2.24) is 0 Å². The first-order valence-corrected chi connectivity index (χ1v) is 6.07. The molecule has 1 atom stereocenters. The van der Waals surface area contributed by atoms with Gasteiger partial charge in [0.05, 0.1) is 17.2 Å². The Morgan fingerprint density at radius 2 is 2.06 bits per heavy atom. The number of rotatable bonds is 5. The smallest absolute Gasteiger partial charge is 0.344 e. The Morgan fingerprint density at radius 1 is 1.39 bits per heavy atom. The van der Waals surface area contributed by atoms with E-state index in [1.807, 2.05) is 0 Å². The zero-order valence-electron chi connectivity index (χ0n) is 10.6. The quantitative estimate of drug-likeness (QED) is 0.838. The first kappa shape index (κ1) is 14.8. The predicted octanol–water partition coefficient (Wildman–Crippen LogP) is 2.72. The largest absolute Gasteiger partial charge is 0.480 e. The summed E-state index contributed by atoms with van der Waals surface area (Å²) < 4.78 is 10.2. The fourth-order valence-electron chi connectivity index (χ4n) is 1.33. The second kappa shape index (κ2) is 6.61. The van der Waals surface area contributed by atoms with E-state index in [1.165, 1.54) is 0 Å². The molecule has 1 aromatic rings. The van der Waals surface area contributed by atoms with Gasteiger partial charge < -0.3 is 14.6 Å². The molecule has 0 heterocycles. The molecule has 0 aliphatic heterocycles. The van der Waals surface area contributed by atoms with E-state index in [2.05, 4.69) is 0 Å². The van der Waals surface area contributed by atoms with E-state index in [4.69, 9.17) is 21.1 Å². The Balaban J connectivity index is 2.60. The molecule has 0 radical (unpaired) electrons. The number of esters is 1. The molecule has 0 unspecified atom stereocenters. The third-order valence-corrected chi connectivity index (χ3v) is 2.45. The zero-order valence-corrected chi connectivity index (χ0v) is 11.4. The molecular weight excluding hydrogens is 256 g/mol. The fourth-order valence-corrected chi connectivity index (χ4v) is 1.57. The van der Waals surface area contributed by atoms with E-state index in [0.717, 1.165) is 0 Å². The van der Waals surface area contributed by atoms with Gasteiger partial charge in [0.1, 0.15) is 5.75 Å². The van der Waals surface area contributed by atoms with E-state index in [1.54, 1.807) is 39.0 Å². The van der Waals surface area contributed by atoms with Gasteiger partial charge in [0.2, 0.25) is 0 Å². The number of hydrogen-bond donors (Lipinski definition) is 1. The van der Waals surface area contributed by atoms with Crippen LogP contribution in [0.3, 0.4) is 0 Å². The third kappa shape index (κ3) is 4.55. The van der Waals surface area contributed by atoms with Crippen LogP contribution in [-0.4, -0.2) is 23.8 Å². The normalized spacial score (nSPS) is 12.3. The lowest BCUT2D eigenvalue weighted by Crippen LogP contribution is -2.18. The molecule has 0 aliphatic rings. The van der Waals surface area contributed by atoms with Crippen LogP contribution in [0.5, 0.6) is 5.75 Å². The van der Waals surface area contributed by atoms with Gasteiger partial charge in [-0.2, -0.15) is 0 Å². The molecule has 0 spiro atoms. The highest BCUT2D eigenvalue weighted by Crippen LogP contribution is 2.27. The van der Waals surface area contributed by atoms with E-state index >= 15 is 0 Å². The van der Waals surface area contributed by atoms with Crippen LogP contribution >= 0.6 is 11.6 Å². The summed E-state index contributed by atoms with van der Waals surface area (Å²) >= 11 is 5.97. The highest BCUT2D eigenvalue weighted by molar-refractivity contribution is 6.32. The van der Waals surface area contributed by atoms with Crippen LogP contribution in [0.2, 0.25) is 5.02 Å². The van der Waals surface area contributed by atoms with Gasteiger partial charge in [-0.25, -0.2) is 4.79 Å². The monoisotopic (exact) mass is 272 g/mol. The molecule has 18 heavy (non-hydrogen) atoms. The van der Waals surface area contributed by atoms with Crippen LogP contribution in [0.1, 0.15) is 32.4 Å². The molecule has 0 amide bonds. The highest BCUT2D eigenvalue weighted by atomic mass is 35.5. The second-order valence-corrected chi connectivity index (χ2v) is 4.60. The minimum absolute atomic E-state index is 0.172. The van der Waals surface area contributed by atoms with Gasteiger partial charge in [-0.1, -0.05) is 17.7 Å². The van der Waals surface area contributed by atoms with Crippen LogP contribution in [0.25, 0.3) is 0 Å². The van der Waals surface area contributed by atoms with Crippen LogP contribution in [0.4, 0.5) is 0 Å².